The van der Waals surface area contributed by atoms with E-state index in [9.17, 15) is 8.78 Å². The number of anilines is 2. The summed E-state index contributed by atoms with van der Waals surface area (Å²) in [5.74, 6) is -0.541. The average Bonchev–Trinajstić information content (AvgIpc) is 3.72. The van der Waals surface area contributed by atoms with Gasteiger partial charge in [0.25, 0.3) is 0 Å². The Balaban J connectivity index is 0.000000164. The van der Waals surface area contributed by atoms with Crippen LogP contribution in [0.1, 0.15) is 37.4 Å². The SMILES string of the molecule is CC1(C)OB(c2ccc(-c3cccc(F)c3)c(N)c2)OC1(C)C.Cc1sncc1-c1ccc(-c2cccc(F)c2)c(N)c1.Cc1sncc1Br. The fraction of sp³-hybridized carbons (Fsp3) is 0.211. The summed E-state index contributed by atoms with van der Waals surface area (Å²) in [7, 11) is -0.455. The molecule has 4 N–H and O–H groups in total. The quantitative estimate of drug-likeness (QED) is 0.137. The van der Waals surface area contributed by atoms with Gasteiger partial charge in [-0.2, -0.15) is 4.37 Å². The summed E-state index contributed by atoms with van der Waals surface area (Å²) >= 11 is 6.29. The summed E-state index contributed by atoms with van der Waals surface area (Å²) < 4.78 is 48.0. The predicted octanol–water partition coefficient (Wildman–Crippen LogP) is 10.1. The Kier molecular flexibility index (Phi) is 11.6. The van der Waals surface area contributed by atoms with E-state index in [2.05, 4.69) is 24.7 Å². The zero-order chi connectivity index (χ0) is 36.2. The van der Waals surface area contributed by atoms with E-state index in [-0.39, 0.29) is 11.6 Å². The summed E-state index contributed by atoms with van der Waals surface area (Å²) in [5.41, 5.74) is 18.9. The third kappa shape index (κ3) is 8.67. The topological polar surface area (TPSA) is 96.3 Å². The van der Waals surface area contributed by atoms with Crippen LogP contribution in [0.25, 0.3) is 33.4 Å². The zero-order valence-corrected chi connectivity index (χ0v) is 31.8. The molecule has 7 rings (SSSR count). The van der Waals surface area contributed by atoms with E-state index in [1.807, 2.05) is 96.3 Å². The average molecular weight is 776 g/mol. The van der Waals surface area contributed by atoms with Crippen LogP contribution in [0.3, 0.4) is 0 Å². The maximum atomic E-state index is 13.4. The molecule has 0 saturated carbocycles. The number of nitrogens with two attached hydrogens (primary N) is 2. The molecule has 50 heavy (non-hydrogen) atoms. The van der Waals surface area contributed by atoms with Crippen LogP contribution in [0, 0.1) is 25.5 Å². The molecule has 0 unspecified atom stereocenters. The number of rotatable bonds is 4. The van der Waals surface area contributed by atoms with Crippen molar-refractivity contribution in [1.29, 1.82) is 0 Å². The van der Waals surface area contributed by atoms with E-state index in [0.29, 0.717) is 11.4 Å². The molecule has 6 aromatic rings. The third-order valence-corrected chi connectivity index (χ3v) is 11.1. The van der Waals surface area contributed by atoms with E-state index in [0.717, 1.165) is 48.2 Å². The summed E-state index contributed by atoms with van der Waals surface area (Å²) in [6, 6.07) is 24.3. The van der Waals surface area contributed by atoms with Crippen molar-refractivity contribution in [3.63, 3.8) is 0 Å². The molecule has 1 fully saturated rings. The van der Waals surface area contributed by atoms with Gasteiger partial charge >= 0.3 is 7.12 Å². The predicted molar refractivity (Wildman–Crippen MR) is 209 cm³/mol. The van der Waals surface area contributed by atoms with Crippen LogP contribution in [-0.4, -0.2) is 27.1 Å². The molecule has 0 bridgehead atoms. The molecule has 258 valence electrons. The van der Waals surface area contributed by atoms with Crippen molar-refractivity contribution in [3.05, 3.63) is 123 Å². The summed E-state index contributed by atoms with van der Waals surface area (Å²) in [6.07, 6.45) is 3.65. The molecule has 12 heteroatoms. The summed E-state index contributed by atoms with van der Waals surface area (Å²) in [4.78, 5) is 2.39. The number of hydrogen-bond donors (Lipinski definition) is 2. The van der Waals surface area contributed by atoms with Gasteiger partial charge < -0.3 is 20.8 Å². The minimum atomic E-state index is -0.455. The van der Waals surface area contributed by atoms with E-state index in [4.69, 9.17) is 20.8 Å². The van der Waals surface area contributed by atoms with E-state index >= 15 is 0 Å². The minimum Gasteiger partial charge on any atom is -0.399 e. The molecule has 2 aromatic heterocycles. The van der Waals surface area contributed by atoms with Crippen LogP contribution in [-0.2, 0) is 9.31 Å². The highest BCUT2D eigenvalue weighted by Crippen LogP contribution is 2.37. The first-order valence-corrected chi connectivity index (χ1v) is 18.1. The molecule has 0 amide bonds. The first kappa shape index (κ1) is 37.3. The van der Waals surface area contributed by atoms with Crippen LogP contribution >= 0.6 is 39.0 Å². The maximum Gasteiger partial charge on any atom is 0.494 e. The highest BCUT2D eigenvalue weighted by molar-refractivity contribution is 9.10. The molecule has 3 heterocycles. The Labute approximate surface area is 309 Å². The van der Waals surface area contributed by atoms with E-state index in [1.54, 1.807) is 18.3 Å². The Morgan fingerprint density at radius 3 is 1.56 bits per heavy atom. The van der Waals surface area contributed by atoms with Gasteiger partial charge in [-0.05, 0) is 139 Å². The van der Waals surface area contributed by atoms with Gasteiger partial charge in [0.1, 0.15) is 11.6 Å². The van der Waals surface area contributed by atoms with E-state index < -0.39 is 18.3 Å². The van der Waals surface area contributed by atoms with Crippen molar-refractivity contribution < 1.29 is 18.1 Å². The number of benzene rings is 4. The lowest BCUT2D eigenvalue weighted by atomic mass is 9.78. The lowest BCUT2D eigenvalue weighted by Crippen LogP contribution is -2.41. The molecule has 1 aliphatic rings. The number of hydrogen-bond acceptors (Lipinski definition) is 8. The van der Waals surface area contributed by atoms with Crippen LogP contribution in [0.4, 0.5) is 20.2 Å². The fourth-order valence-corrected chi connectivity index (χ4v) is 6.63. The smallest absolute Gasteiger partial charge is 0.399 e. The van der Waals surface area contributed by atoms with Gasteiger partial charge in [0, 0.05) is 44.0 Å². The Hall–Kier alpha value is -3.94. The van der Waals surface area contributed by atoms with Gasteiger partial charge in [-0.15, -0.1) is 0 Å². The van der Waals surface area contributed by atoms with Crippen LogP contribution in [0.5, 0.6) is 0 Å². The Bertz CT molecular complexity index is 2070. The van der Waals surface area contributed by atoms with Crippen LogP contribution in [0.15, 0.2) is 102 Å². The fourth-order valence-electron chi connectivity index (χ4n) is 5.14. The first-order valence-electron chi connectivity index (χ1n) is 15.8. The molecule has 0 spiro atoms. The largest absolute Gasteiger partial charge is 0.494 e. The molecule has 0 aliphatic carbocycles. The standard InChI is InChI=1S/C18H21BFNO2.C16H13FN2S.C4H4BrNS/c1-17(2)18(3,4)23-19(22-17)13-8-9-15(16(21)11-13)12-6-5-7-14(20)10-12;1-10-15(9-19-20-10)12-5-6-14(16(18)8-12)11-3-2-4-13(17)7-11;1-3-4(5)2-6-7-3/h5-11H,21H2,1-4H3;2-9H,18H2,1H3;2H,1H3. The molecular formula is C38H38BBrF2N4O2S2. The van der Waals surface area contributed by atoms with Crippen molar-refractivity contribution >= 4 is 63.0 Å². The van der Waals surface area contributed by atoms with Crippen molar-refractivity contribution in [1.82, 2.24) is 8.75 Å². The van der Waals surface area contributed by atoms with Gasteiger partial charge in [0.2, 0.25) is 0 Å². The first-order chi connectivity index (χ1) is 23.6. The Morgan fingerprint density at radius 1 is 0.640 bits per heavy atom. The molecule has 0 atom stereocenters. The third-order valence-electron chi connectivity index (χ3n) is 8.68. The highest BCUT2D eigenvalue weighted by Gasteiger charge is 2.51. The number of aromatic nitrogens is 2. The van der Waals surface area contributed by atoms with Crippen LogP contribution < -0.4 is 16.9 Å². The van der Waals surface area contributed by atoms with Crippen molar-refractivity contribution in [2.75, 3.05) is 11.5 Å². The van der Waals surface area contributed by atoms with E-state index in [1.165, 1.54) is 52.2 Å². The monoisotopic (exact) mass is 774 g/mol. The number of halogens is 3. The van der Waals surface area contributed by atoms with Crippen molar-refractivity contribution in [2.45, 2.75) is 52.7 Å². The van der Waals surface area contributed by atoms with Crippen molar-refractivity contribution in [3.8, 4) is 33.4 Å². The summed E-state index contributed by atoms with van der Waals surface area (Å²) in [6.45, 7) is 12.1. The van der Waals surface area contributed by atoms with Gasteiger partial charge in [0.05, 0.1) is 21.9 Å². The minimum absolute atomic E-state index is 0.260. The molecule has 4 aromatic carbocycles. The Morgan fingerprint density at radius 2 is 1.14 bits per heavy atom. The molecule has 1 saturated heterocycles. The number of nitrogens with zero attached hydrogens (tertiary/aromatic N) is 2. The van der Waals surface area contributed by atoms with Crippen molar-refractivity contribution in [2.24, 2.45) is 0 Å². The number of aryl methyl sites for hydroxylation is 2. The van der Waals surface area contributed by atoms with Gasteiger partial charge in [0.15, 0.2) is 0 Å². The highest BCUT2D eigenvalue weighted by atomic mass is 79.9. The lowest BCUT2D eigenvalue weighted by Gasteiger charge is -2.32. The summed E-state index contributed by atoms with van der Waals surface area (Å²) in [5, 5.41) is 0. The zero-order valence-electron chi connectivity index (χ0n) is 28.6. The number of nitrogen functional groups attached to an aromatic ring is 2. The second-order valence-electron chi connectivity index (χ2n) is 12.8. The maximum absolute atomic E-state index is 13.4. The molecule has 6 nitrogen and oxygen atoms in total. The second-order valence-corrected chi connectivity index (χ2v) is 15.6. The second kappa shape index (κ2) is 15.5. The molecule has 0 radical (unpaired) electrons. The van der Waals surface area contributed by atoms with Gasteiger partial charge in [-0.25, -0.2) is 13.2 Å². The molecule has 1 aliphatic heterocycles. The molecular weight excluding hydrogens is 737 g/mol. The van der Waals surface area contributed by atoms with Gasteiger partial charge in [-0.1, -0.05) is 48.5 Å². The van der Waals surface area contributed by atoms with Crippen LogP contribution in [0.2, 0.25) is 0 Å². The lowest BCUT2D eigenvalue weighted by molar-refractivity contribution is 0.00578. The van der Waals surface area contributed by atoms with Gasteiger partial charge in [-0.3, -0.25) is 0 Å². The normalized spacial score (nSPS) is 14.4.